The van der Waals surface area contributed by atoms with Crippen LogP contribution in [0.4, 0.5) is 4.79 Å². The maximum absolute atomic E-state index is 12.6. The zero-order chi connectivity index (χ0) is 15.1. The Hall–Kier alpha value is -1.30. The molecule has 1 fully saturated rings. The van der Waals surface area contributed by atoms with E-state index in [1.165, 1.54) is 0 Å². The van der Waals surface area contributed by atoms with Crippen LogP contribution in [0.25, 0.3) is 0 Å². The summed E-state index contributed by atoms with van der Waals surface area (Å²) >= 11 is 0. The van der Waals surface area contributed by atoms with Crippen molar-refractivity contribution in [3.8, 4) is 0 Å². The summed E-state index contributed by atoms with van der Waals surface area (Å²) in [5.41, 5.74) is 5.17. The van der Waals surface area contributed by atoms with Gasteiger partial charge in [0.25, 0.3) is 0 Å². The van der Waals surface area contributed by atoms with Gasteiger partial charge in [0, 0.05) is 19.2 Å². The number of carbonyl (C=O) groups excluding carboxylic acids is 2. The van der Waals surface area contributed by atoms with Gasteiger partial charge in [-0.2, -0.15) is 0 Å². The molecular weight excluding hydrogens is 258 g/mol. The van der Waals surface area contributed by atoms with Crippen molar-refractivity contribution in [2.75, 3.05) is 13.2 Å². The molecule has 1 rings (SSSR count). The normalized spacial score (nSPS) is 16.6. The van der Waals surface area contributed by atoms with Crippen molar-refractivity contribution in [3.63, 3.8) is 0 Å². The Morgan fingerprint density at radius 3 is 2.45 bits per heavy atom. The number of amides is 3. The maximum atomic E-state index is 12.6. The highest BCUT2D eigenvalue weighted by Crippen LogP contribution is 2.26. The van der Waals surface area contributed by atoms with E-state index < -0.39 is 12.1 Å². The van der Waals surface area contributed by atoms with Crippen LogP contribution in [0.3, 0.4) is 0 Å². The summed E-state index contributed by atoms with van der Waals surface area (Å²) < 4.78 is 0. The summed E-state index contributed by atoms with van der Waals surface area (Å²) in [6.45, 7) is 4.61. The van der Waals surface area contributed by atoms with Crippen molar-refractivity contribution in [1.29, 1.82) is 0 Å². The molecule has 0 aromatic carbocycles. The van der Waals surface area contributed by atoms with Gasteiger partial charge in [-0.15, -0.1) is 0 Å². The molecule has 1 aliphatic rings. The first-order chi connectivity index (χ1) is 9.45. The van der Waals surface area contributed by atoms with Gasteiger partial charge in [-0.1, -0.05) is 13.8 Å². The first-order valence-electron chi connectivity index (χ1n) is 7.43. The number of urea groups is 1. The largest absolute Gasteiger partial charge is 0.396 e. The number of primary amides is 1. The summed E-state index contributed by atoms with van der Waals surface area (Å²) in [7, 11) is 0. The third-order valence-electron chi connectivity index (χ3n) is 3.68. The minimum atomic E-state index is -0.667. The fourth-order valence-corrected chi connectivity index (χ4v) is 2.48. The van der Waals surface area contributed by atoms with Gasteiger partial charge in [0.15, 0.2) is 0 Å². The summed E-state index contributed by atoms with van der Waals surface area (Å²) in [5.74, 6) is 0.215. The Morgan fingerprint density at radius 2 is 2.05 bits per heavy atom. The van der Waals surface area contributed by atoms with E-state index in [-0.39, 0.29) is 24.5 Å². The first kappa shape index (κ1) is 16.8. The second kappa shape index (κ2) is 8.09. The predicted octanol–water partition coefficient (Wildman–Crippen LogP) is 0.833. The van der Waals surface area contributed by atoms with Gasteiger partial charge in [-0.25, -0.2) is 4.79 Å². The fourth-order valence-electron chi connectivity index (χ4n) is 2.48. The van der Waals surface area contributed by atoms with Gasteiger partial charge in [-0.3, -0.25) is 4.79 Å². The van der Waals surface area contributed by atoms with Gasteiger partial charge in [0.2, 0.25) is 5.91 Å². The van der Waals surface area contributed by atoms with Crippen molar-refractivity contribution in [1.82, 2.24) is 10.2 Å². The average molecular weight is 285 g/mol. The first-order valence-corrected chi connectivity index (χ1v) is 7.43. The van der Waals surface area contributed by atoms with Crippen LogP contribution in [0.15, 0.2) is 0 Å². The van der Waals surface area contributed by atoms with E-state index in [4.69, 9.17) is 10.8 Å². The van der Waals surface area contributed by atoms with Crippen LogP contribution in [0.1, 0.15) is 46.0 Å². The van der Waals surface area contributed by atoms with E-state index in [0.717, 1.165) is 19.3 Å². The highest BCUT2D eigenvalue weighted by atomic mass is 16.3. The topological polar surface area (TPSA) is 95.7 Å². The fraction of sp³-hybridized carbons (Fsp3) is 0.857. The molecule has 1 aliphatic carbocycles. The molecule has 3 amide bonds. The molecule has 1 unspecified atom stereocenters. The number of aliphatic hydroxyl groups is 1. The van der Waals surface area contributed by atoms with E-state index in [1.807, 2.05) is 18.7 Å². The number of carbonyl (C=O) groups is 2. The summed E-state index contributed by atoms with van der Waals surface area (Å²) in [4.78, 5) is 25.5. The van der Waals surface area contributed by atoms with Crippen molar-refractivity contribution in [2.24, 2.45) is 11.7 Å². The zero-order valence-electron chi connectivity index (χ0n) is 12.5. The molecule has 0 spiro atoms. The lowest BCUT2D eigenvalue weighted by Crippen LogP contribution is -2.55. The highest BCUT2D eigenvalue weighted by Gasteiger charge is 2.33. The van der Waals surface area contributed by atoms with E-state index in [1.54, 1.807) is 0 Å². The zero-order valence-corrected chi connectivity index (χ0v) is 12.5. The number of hydrogen-bond donors (Lipinski definition) is 3. The number of aliphatic hydroxyl groups excluding tert-OH is 1. The minimum absolute atomic E-state index is 0.0641. The van der Waals surface area contributed by atoms with Crippen LogP contribution < -0.4 is 11.1 Å². The van der Waals surface area contributed by atoms with E-state index >= 15 is 0 Å². The van der Waals surface area contributed by atoms with Crippen LogP contribution >= 0.6 is 0 Å². The Labute approximate surface area is 120 Å². The molecule has 20 heavy (non-hydrogen) atoms. The summed E-state index contributed by atoms with van der Waals surface area (Å²) in [5, 5.41) is 11.5. The number of nitrogens with one attached hydrogen (secondary N) is 1. The third kappa shape index (κ3) is 5.00. The van der Waals surface area contributed by atoms with Crippen molar-refractivity contribution < 1.29 is 14.7 Å². The van der Waals surface area contributed by atoms with Gasteiger partial charge in [0.1, 0.15) is 6.04 Å². The average Bonchev–Trinajstić information content (AvgIpc) is 2.29. The van der Waals surface area contributed by atoms with E-state index in [9.17, 15) is 9.59 Å². The third-order valence-corrected chi connectivity index (χ3v) is 3.68. The molecule has 0 aromatic heterocycles. The SMILES string of the molecule is CC(C)CC(NC(N)=O)C(=O)N(CCCO)C1CCC1. The highest BCUT2D eigenvalue weighted by molar-refractivity contribution is 5.86. The van der Waals surface area contributed by atoms with Crippen molar-refractivity contribution in [2.45, 2.75) is 58.0 Å². The minimum Gasteiger partial charge on any atom is -0.396 e. The molecule has 6 nitrogen and oxygen atoms in total. The molecular formula is C14H27N3O3. The van der Waals surface area contributed by atoms with Crippen LogP contribution in [0.2, 0.25) is 0 Å². The lowest BCUT2D eigenvalue weighted by Gasteiger charge is -2.39. The molecule has 4 N–H and O–H groups in total. The summed E-state index contributed by atoms with van der Waals surface area (Å²) in [6, 6.07) is -0.982. The molecule has 0 bridgehead atoms. The number of nitrogens with zero attached hydrogens (tertiary/aromatic N) is 1. The van der Waals surface area contributed by atoms with Gasteiger partial charge in [-0.05, 0) is 38.0 Å². The molecule has 0 heterocycles. The summed E-state index contributed by atoms with van der Waals surface area (Å²) in [6.07, 6.45) is 4.27. The monoisotopic (exact) mass is 285 g/mol. The van der Waals surface area contributed by atoms with Gasteiger partial charge in [0.05, 0.1) is 0 Å². The van der Waals surface area contributed by atoms with Gasteiger partial charge < -0.3 is 21.1 Å². The van der Waals surface area contributed by atoms with Crippen molar-refractivity contribution in [3.05, 3.63) is 0 Å². The second-order valence-corrected chi connectivity index (χ2v) is 5.88. The van der Waals surface area contributed by atoms with Crippen LogP contribution in [0.5, 0.6) is 0 Å². The molecule has 0 saturated heterocycles. The number of hydrogen-bond acceptors (Lipinski definition) is 3. The quantitative estimate of drug-likeness (QED) is 0.616. The molecule has 0 aliphatic heterocycles. The smallest absolute Gasteiger partial charge is 0.312 e. The molecule has 0 radical (unpaired) electrons. The Bertz CT molecular complexity index is 330. The van der Waals surface area contributed by atoms with E-state index in [0.29, 0.717) is 19.4 Å². The molecule has 0 aromatic rings. The molecule has 116 valence electrons. The Kier molecular flexibility index (Phi) is 6.78. The van der Waals surface area contributed by atoms with E-state index in [2.05, 4.69) is 5.32 Å². The standard InChI is InChI=1S/C14H27N3O3/c1-10(2)9-12(16-14(15)20)13(19)17(7-4-8-18)11-5-3-6-11/h10-12,18H,3-9H2,1-2H3,(H3,15,16,20). The lowest BCUT2D eigenvalue weighted by atomic mass is 9.90. The number of rotatable bonds is 8. The van der Waals surface area contributed by atoms with Crippen molar-refractivity contribution >= 4 is 11.9 Å². The van der Waals surface area contributed by atoms with Gasteiger partial charge >= 0.3 is 6.03 Å². The van der Waals surface area contributed by atoms with Crippen LogP contribution in [0, 0.1) is 5.92 Å². The molecule has 1 saturated carbocycles. The second-order valence-electron chi connectivity index (χ2n) is 5.88. The molecule has 1 atom stereocenters. The Morgan fingerprint density at radius 1 is 1.40 bits per heavy atom. The number of nitrogens with two attached hydrogens (primary N) is 1. The van der Waals surface area contributed by atoms with Crippen LogP contribution in [-0.4, -0.2) is 47.2 Å². The lowest BCUT2D eigenvalue weighted by molar-refractivity contribution is -0.137. The van der Waals surface area contributed by atoms with Crippen LogP contribution in [-0.2, 0) is 4.79 Å². The molecule has 6 heteroatoms. The Balaban J connectivity index is 2.72. The maximum Gasteiger partial charge on any atom is 0.312 e. The predicted molar refractivity (Wildman–Crippen MR) is 77.0 cm³/mol.